The van der Waals surface area contributed by atoms with E-state index < -0.39 is 0 Å². The van der Waals surface area contributed by atoms with Crippen LogP contribution in [-0.2, 0) is 7.05 Å². The summed E-state index contributed by atoms with van der Waals surface area (Å²) in [7, 11) is 3.27. The summed E-state index contributed by atoms with van der Waals surface area (Å²) in [4.78, 5) is 0. The van der Waals surface area contributed by atoms with Gasteiger partial charge in [-0.15, -0.1) is 0 Å². The SMILES string of the molecule is COc1ccc(C)c(-c2cnn(C)c2N)c1O. The maximum atomic E-state index is 10.1. The molecule has 1 aromatic heterocycles. The summed E-state index contributed by atoms with van der Waals surface area (Å²) in [5.74, 6) is 1.03. The zero-order valence-corrected chi connectivity index (χ0v) is 10.1. The Kier molecular flexibility index (Phi) is 2.67. The van der Waals surface area contributed by atoms with Gasteiger partial charge >= 0.3 is 0 Å². The van der Waals surface area contributed by atoms with Crippen molar-refractivity contribution in [2.45, 2.75) is 6.92 Å². The Bertz CT molecular complexity index is 561. The van der Waals surface area contributed by atoms with Gasteiger partial charge in [0.05, 0.1) is 13.3 Å². The van der Waals surface area contributed by atoms with E-state index in [9.17, 15) is 5.11 Å². The molecule has 0 bridgehead atoms. The number of anilines is 1. The largest absolute Gasteiger partial charge is 0.504 e. The van der Waals surface area contributed by atoms with Crippen molar-refractivity contribution in [1.29, 1.82) is 0 Å². The molecule has 0 aliphatic heterocycles. The molecule has 0 amide bonds. The van der Waals surface area contributed by atoms with Gasteiger partial charge in [-0.2, -0.15) is 5.10 Å². The molecule has 0 atom stereocenters. The number of benzene rings is 1. The number of nitrogens with two attached hydrogens (primary N) is 1. The molecule has 0 saturated heterocycles. The van der Waals surface area contributed by atoms with Crippen LogP contribution in [0.1, 0.15) is 5.56 Å². The number of nitrogens with zero attached hydrogens (tertiary/aromatic N) is 2. The number of ether oxygens (including phenoxy) is 1. The van der Waals surface area contributed by atoms with Crippen molar-refractivity contribution in [3.05, 3.63) is 23.9 Å². The van der Waals surface area contributed by atoms with Crippen molar-refractivity contribution in [3.8, 4) is 22.6 Å². The number of nitrogen functional groups attached to an aromatic ring is 1. The molecule has 5 heteroatoms. The van der Waals surface area contributed by atoms with Crippen molar-refractivity contribution in [3.63, 3.8) is 0 Å². The first-order valence-corrected chi connectivity index (χ1v) is 5.20. The second-order valence-corrected chi connectivity index (χ2v) is 3.88. The van der Waals surface area contributed by atoms with E-state index in [2.05, 4.69) is 5.10 Å². The van der Waals surface area contributed by atoms with E-state index in [4.69, 9.17) is 10.5 Å². The first-order chi connectivity index (χ1) is 8.06. The van der Waals surface area contributed by atoms with Crippen molar-refractivity contribution >= 4 is 5.82 Å². The normalized spacial score (nSPS) is 10.5. The third kappa shape index (κ3) is 1.69. The number of phenolic OH excluding ortho intramolecular Hbond substituents is 1. The average Bonchev–Trinajstić information content (AvgIpc) is 2.62. The Morgan fingerprint density at radius 1 is 1.41 bits per heavy atom. The summed E-state index contributed by atoms with van der Waals surface area (Å²) in [5.41, 5.74) is 8.20. The number of hydrogen-bond donors (Lipinski definition) is 2. The van der Waals surface area contributed by atoms with Gasteiger partial charge in [0.15, 0.2) is 11.5 Å². The van der Waals surface area contributed by atoms with Gasteiger partial charge in [0, 0.05) is 18.2 Å². The van der Waals surface area contributed by atoms with Crippen LogP contribution in [-0.4, -0.2) is 22.0 Å². The van der Waals surface area contributed by atoms with Crippen molar-refractivity contribution in [2.75, 3.05) is 12.8 Å². The molecule has 2 aromatic rings. The molecule has 0 unspecified atom stereocenters. The van der Waals surface area contributed by atoms with Gasteiger partial charge in [-0.05, 0) is 18.6 Å². The van der Waals surface area contributed by atoms with E-state index in [0.717, 1.165) is 5.56 Å². The summed E-state index contributed by atoms with van der Waals surface area (Å²) >= 11 is 0. The summed E-state index contributed by atoms with van der Waals surface area (Å²) in [5, 5.41) is 14.2. The lowest BCUT2D eigenvalue weighted by atomic mass is 10.0. The van der Waals surface area contributed by atoms with Crippen LogP contribution in [0.2, 0.25) is 0 Å². The molecule has 0 saturated carbocycles. The Morgan fingerprint density at radius 2 is 2.12 bits per heavy atom. The number of aromatic nitrogens is 2. The Hall–Kier alpha value is -2.17. The summed E-state index contributed by atoms with van der Waals surface area (Å²) in [6, 6.07) is 3.60. The minimum Gasteiger partial charge on any atom is -0.504 e. The number of methoxy groups -OCH3 is 1. The molecular weight excluding hydrogens is 218 g/mol. The topological polar surface area (TPSA) is 73.3 Å². The van der Waals surface area contributed by atoms with Crippen molar-refractivity contribution < 1.29 is 9.84 Å². The van der Waals surface area contributed by atoms with Gasteiger partial charge in [0.1, 0.15) is 5.82 Å². The highest BCUT2D eigenvalue weighted by atomic mass is 16.5. The zero-order valence-electron chi connectivity index (χ0n) is 10.1. The van der Waals surface area contributed by atoms with Crippen LogP contribution in [0.4, 0.5) is 5.82 Å². The molecule has 0 aliphatic rings. The van der Waals surface area contributed by atoms with Crippen LogP contribution < -0.4 is 10.5 Å². The Labute approximate surface area is 99.4 Å². The van der Waals surface area contributed by atoms with E-state index in [1.54, 1.807) is 24.0 Å². The van der Waals surface area contributed by atoms with Crippen molar-refractivity contribution in [2.24, 2.45) is 7.05 Å². The van der Waals surface area contributed by atoms with E-state index in [1.807, 2.05) is 13.0 Å². The Balaban J connectivity index is 2.70. The van der Waals surface area contributed by atoms with E-state index in [-0.39, 0.29) is 5.75 Å². The molecule has 0 radical (unpaired) electrons. The minimum atomic E-state index is 0.0900. The first kappa shape index (κ1) is 11.3. The second kappa shape index (κ2) is 4.01. The van der Waals surface area contributed by atoms with Crippen LogP contribution in [0.25, 0.3) is 11.1 Å². The smallest absolute Gasteiger partial charge is 0.166 e. The first-order valence-electron chi connectivity index (χ1n) is 5.20. The van der Waals surface area contributed by atoms with Gasteiger partial charge in [-0.1, -0.05) is 6.07 Å². The maximum Gasteiger partial charge on any atom is 0.166 e. The summed E-state index contributed by atoms with van der Waals surface area (Å²) in [6.07, 6.45) is 1.64. The lowest BCUT2D eigenvalue weighted by molar-refractivity contribution is 0.374. The third-order valence-corrected chi connectivity index (χ3v) is 2.82. The quantitative estimate of drug-likeness (QED) is 0.827. The Morgan fingerprint density at radius 3 is 2.65 bits per heavy atom. The number of phenols is 1. The number of aromatic hydroxyl groups is 1. The van der Waals surface area contributed by atoms with Crippen LogP contribution in [0.5, 0.6) is 11.5 Å². The molecule has 0 spiro atoms. The molecule has 90 valence electrons. The third-order valence-electron chi connectivity index (χ3n) is 2.82. The fraction of sp³-hybridized carbons (Fsp3) is 0.250. The van der Waals surface area contributed by atoms with Crippen LogP contribution in [0.15, 0.2) is 18.3 Å². The van der Waals surface area contributed by atoms with Gasteiger partial charge in [-0.3, -0.25) is 4.68 Å². The highest BCUT2D eigenvalue weighted by Gasteiger charge is 2.17. The lowest BCUT2D eigenvalue weighted by Crippen LogP contribution is -1.99. The van der Waals surface area contributed by atoms with Crippen LogP contribution >= 0.6 is 0 Å². The second-order valence-electron chi connectivity index (χ2n) is 3.88. The number of aryl methyl sites for hydroxylation is 2. The molecule has 0 aliphatic carbocycles. The van der Waals surface area contributed by atoms with Gasteiger partial charge in [0.2, 0.25) is 0 Å². The monoisotopic (exact) mass is 233 g/mol. The fourth-order valence-corrected chi connectivity index (χ4v) is 1.82. The highest BCUT2D eigenvalue weighted by Crippen LogP contribution is 2.41. The van der Waals surface area contributed by atoms with E-state index >= 15 is 0 Å². The summed E-state index contributed by atoms with van der Waals surface area (Å²) in [6.45, 7) is 1.90. The molecular formula is C12H15N3O2. The van der Waals surface area contributed by atoms with Gasteiger partial charge in [-0.25, -0.2) is 0 Å². The molecule has 5 nitrogen and oxygen atoms in total. The molecule has 17 heavy (non-hydrogen) atoms. The lowest BCUT2D eigenvalue weighted by Gasteiger charge is -2.11. The zero-order chi connectivity index (χ0) is 12.6. The average molecular weight is 233 g/mol. The molecule has 0 fully saturated rings. The van der Waals surface area contributed by atoms with Gasteiger partial charge < -0.3 is 15.6 Å². The standard InChI is InChI=1S/C12H15N3O2/c1-7-4-5-9(17-3)11(16)10(7)8-6-14-15(2)12(8)13/h4-6,16H,13H2,1-3H3. The number of rotatable bonds is 2. The molecule has 3 N–H and O–H groups in total. The summed E-state index contributed by atoms with van der Waals surface area (Å²) < 4.78 is 6.65. The molecule has 2 rings (SSSR count). The van der Waals surface area contributed by atoms with Crippen LogP contribution in [0, 0.1) is 6.92 Å². The predicted molar refractivity (Wildman–Crippen MR) is 66.0 cm³/mol. The van der Waals surface area contributed by atoms with Crippen LogP contribution in [0.3, 0.4) is 0 Å². The van der Waals surface area contributed by atoms with E-state index in [0.29, 0.717) is 22.7 Å². The van der Waals surface area contributed by atoms with E-state index in [1.165, 1.54) is 7.11 Å². The fourth-order valence-electron chi connectivity index (χ4n) is 1.82. The van der Waals surface area contributed by atoms with Crippen molar-refractivity contribution in [1.82, 2.24) is 9.78 Å². The molecule has 1 aromatic carbocycles. The predicted octanol–water partition coefficient (Wildman–Crippen LogP) is 1.69. The number of hydrogen-bond acceptors (Lipinski definition) is 4. The maximum absolute atomic E-state index is 10.1. The molecule has 1 heterocycles. The highest BCUT2D eigenvalue weighted by molar-refractivity contribution is 5.82. The minimum absolute atomic E-state index is 0.0900. The van der Waals surface area contributed by atoms with Gasteiger partial charge in [0.25, 0.3) is 0 Å².